The second-order valence-corrected chi connectivity index (χ2v) is 5.42. The summed E-state index contributed by atoms with van der Waals surface area (Å²) in [6, 6.07) is 4.31. The fraction of sp³-hybridized carbons (Fsp3) is 0.583. The number of ether oxygens (including phenoxy) is 1. The normalized spacial score (nSPS) is 21.6. The molecule has 2 atom stereocenters. The number of pyridine rings is 1. The molecule has 4 nitrogen and oxygen atoms in total. The van der Waals surface area contributed by atoms with E-state index in [0.717, 1.165) is 42.6 Å². The summed E-state index contributed by atoms with van der Waals surface area (Å²) in [4.78, 5) is 4.37. The van der Waals surface area contributed by atoms with Crippen LogP contribution >= 0.6 is 15.9 Å². The molecular formula is C12H18BrN3O. The molecule has 2 heterocycles. The smallest absolute Gasteiger partial charge is 0.0495 e. The molecule has 0 bridgehead atoms. The Morgan fingerprint density at radius 1 is 1.59 bits per heavy atom. The molecule has 0 aromatic carbocycles. The van der Waals surface area contributed by atoms with Crippen LogP contribution in [0.5, 0.6) is 0 Å². The van der Waals surface area contributed by atoms with E-state index in [1.165, 1.54) is 0 Å². The second-order valence-electron chi connectivity index (χ2n) is 4.50. The molecule has 1 saturated heterocycles. The fourth-order valence-corrected chi connectivity index (χ4v) is 2.40. The zero-order valence-electron chi connectivity index (χ0n) is 9.73. The molecule has 94 valence electrons. The van der Waals surface area contributed by atoms with Crippen LogP contribution in [0.1, 0.15) is 18.5 Å². The molecule has 1 fully saturated rings. The highest BCUT2D eigenvalue weighted by atomic mass is 79.9. The third-order valence-corrected chi connectivity index (χ3v) is 3.59. The minimum absolute atomic E-state index is 0.273. The summed E-state index contributed by atoms with van der Waals surface area (Å²) >= 11 is 3.38. The van der Waals surface area contributed by atoms with E-state index in [9.17, 15) is 0 Å². The van der Waals surface area contributed by atoms with Crippen molar-refractivity contribution in [3.63, 3.8) is 0 Å². The average Bonchev–Trinajstić information content (AvgIpc) is 2.84. The number of aromatic nitrogens is 1. The molecule has 2 unspecified atom stereocenters. The van der Waals surface area contributed by atoms with Gasteiger partial charge in [0.15, 0.2) is 0 Å². The van der Waals surface area contributed by atoms with Gasteiger partial charge in [0.25, 0.3) is 0 Å². The van der Waals surface area contributed by atoms with Gasteiger partial charge in [-0.3, -0.25) is 16.3 Å². The Bertz CT molecular complexity index is 338. The topological polar surface area (TPSA) is 60.2 Å². The van der Waals surface area contributed by atoms with Crippen molar-refractivity contribution in [1.29, 1.82) is 0 Å². The first-order valence-corrected chi connectivity index (χ1v) is 6.71. The lowest BCUT2D eigenvalue weighted by Gasteiger charge is -2.18. The molecule has 3 N–H and O–H groups in total. The average molecular weight is 300 g/mol. The van der Waals surface area contributed by atoms with Crippen molar-refractivity contribution >= 4 is 15.9 Å². The summed E-state index contributed by atoms with van der Waals surface area (Å²) in [6.45, 7) is 1.75. The van der Waals surface area contributed by atoms with E-state index < -0.39 is 0 Å². The van der Waals surface area contributed by atoms with Gasteiger partial charge in [-0.25, -0.2) is 0 Å². The summed E-state index contributed by atoms with van der Waals surface area (Å²) in [7, 11) is 0. The molecule has 17 heavy (non-hydrogen) atoms. The van der Waals surface area contributed by atoms with Crippen LogP contribution in [0.3, 0.4) is 0 Å². The van der Waals surface area contributed by atoms with Crippen LogP contribution in [-0.4, -0.2) is 24.2 Å². The first-order chi connectivity index (χ1) is 8.28. The Kier molecular flexibility index (Phi) is 4.91. The maximum atomic E-state index is 5.60. The largest absolute Gasteiger partial charge is 0.381 e. The van der Waals surface area contributed by atoms with E-state index in [2.05, 4.69) is 26.3 Å². The van der Waals surface area contributed by atoms with Crippen LogP contribution in [0.4, 0.5) is 0 Å². The van der Waals surface area contributed by atoms with Crippen LogP contribution in [-0.2, 0) is 11.2 Å². The molecule has 2 rings (SSSR count). The van der Waals surface area contributed by atoms with Crippen LogP contribution < -0.4 is 11.3 Å². The van der Waals surface area contributed by atoms with E-state index in [0.29, 0.717) is 5.92 Å². The Labute approximate surface area is 110 Å². The number of nitrogens with one attached hydrogen (secondary N) is 1. The van der Waals surface area contributed by atoms with Gasteiger partial charge in [-0.2, -0.15) is 0 Å². The van der Waals surface area contributed by atoms with E-state index in [1.807, 2.05) is 18.3 Å². The van der Waals surface area contributed by atoms with Gasteiger partial charge in [-0.1, -0.05) is 0 Å². The van der Waals surface area contributed by atoms with Crippen LogP contribution in [0.2, 0.25) is 0 Å². The van der Waals surface area contributed by atoms with Gasteiger partial charge < -0.3 is 4.74 Å². The highest BCUT2D eigenvalue weighted by molar-refractivity contribution is 9.10. The molecular weight excluding hydrogens is 282 g/mol. The van der Waals surface area contributed by atoms with Gasteiger partial charge in [0.1, 0.15) is 0 Å². The highest BCUT2D eigenvalue weighted by Gasteiger charge is 2.20. The first kappa shape index (κ1) is 13.0. The van der Waals surface area contributed by atoms with E-state index >= 15 is 0 Å². The number of hydrazine groups is 1. The molecule has 0 radical (unpaired) electrons. The zero-order valence-corrected chi connectivity index (χ0v) is 11.3. The number of rotatable bonds is 5. The Morgan fingerprint density at radius 2 is 2.47 bits per heavy atom. The molecule has 0 amide bonds. The number of halogens is 1. The van der Waals surface area contributed by atoms with Crippen molar-refractivity contribution in [2.75, 3.05) is 13.2 Å². The lowest BCUT2D eigenvalue weighted by atomic mass is 9.96. The number of hydrogen-bond donors (Lipinski definition) is 2. The zero-order chi connectivity index (χ0) is 12.1. The van der Waals surface area contributed by atoms with Crippen molar-refractivity contribution in [1.82, 2.24) is 10.4 Å². The van der Waals surface area contributed by atoms with Crippen LogP contribution in [0, 0.1) is 5.92 Å². The summed E-state index contributed by atoms with van der Waals surface area (Å²) in [5.74, 6) is 6.23. The van der Waals surface area contributed by atoms with E-state index in [4.69, 9.17) is 10.6 Å². The van der Waals surface area contributed by atoms with Crippen molar-refractivity contribution in [2.45, 2.75) is 25.3 Å². The summed E-state index contributed by atoms with van der Waals surface area (Å²) in [5, 5.41) is 0. The minimum atomic E-state index is 0.273. The van der Waals surface area contributed by atoms with Gasteiger partial charge in [0.2, 0.25) is 0 Å². The van der Waals surface area contributed by atoms with Crippen molar-refractivity contribution in [3.8, 4) is 0 Å². The third kappa shape index (κ3) is 4.03. The fourth-order valence-electron chi connectivity index (χ4n) is 2.16. The SMILES string of the molecule is NNC(Cc1ccc(Br)cn1)CC1CCOC1. The summed E-state index contributed by atoms with van der Waals surface area (Å²) in [6.07, 6.45) is 4.88. The maximum Gasteiger partial charge on any atom is 0.0495 e. The molecule has 1 aromatic rings. The maximum absolute atomic E-state index is 5.60. The van der Waals surface area contributed by atoms with E-state index in [-0.39, 0.29) is 6.04 Å². The van der Waals surface area contributed by atoms with Gasteiger partial charge in [-0.05, 0) is 46.8 Å². The van der Waals surface area contributed by atoms with Crippen molar-refractivity contribution in [2.24, 2.45) is 11.8 Å². The van der Waals surface area contributed by atoms with Crippen LogP contribution in [0.25, 0.3) is 0 Å². The van der Waals surface area contributed by atoms with Gasteiger partial charge in [-0.15, -0.1) is 0 Å². The Balaban J connectivity index is 1.87. The molecule has 5 heteroatoms. The standard InChI is InChI=1S/C12H18BrN3O/c13-10-1-2-11(15-7-10)6-12(16-14)5-9-3-4-17-8-9/h1-2,7,9,12,16H,3-6,8,14H2. The molecule has 0 spiro atoms. The lowest BCUT2D eigenvalue weighted by molar-refractivity contribution is 0.181. The third-order valence-electron chi connectivity index (χ3n) is 3.12. The van der Waals surface area contributed by atoms with Crippen molar-refractivity contribution < 1.29 is 4.74 Å². The minimum Gasteiger partial charge on any atom is -0.381 e. The molecule has 1 aliphatic rings. The second kappa shape index (κ2) is 6.44. The van der Waals surface area contributed by atoms with Gasteiger partial charge in [0, 0.05) is 42.0 Å². The van der Waals surface area contributed by atoms with Crippen molar-refractivity contribution in [3.05, 3.63) is 28.5 Å². The Hall–Kier alpha value is -0.490. The monoisotopic (exact) mass is 299 g/mol. The molecule has 1 aromatic heterocycles. The Morgan fingerprint density at radius 3 is 3.06 bits per heavy atom. The quantitative estimate of drug-likeness (QED) is 0.641. The highest BCUT2D eigenvalue weighted by Crippen LogP contribution is 2.19. The predicted octanol–water partition coefficient (Wildman–Crippen LogP) is 1.65. The van der Waals surface area contributed by atoms with Gasteiger partial charge in [0.05, 0.1) is 0 Å². The molecule has 0 saturated carbocycles. The van der Waals surface area contributed by atoms with Gasteiger partial charge >= 0.3 is 0 Å². The first-order valence-electron chi connectivity index (χ1n) is 5.92. The summed E-state index contributed by atoms with van der Waals surface area (Å²) in [5.41, 5.74) is 3.95. The lowest BCUT2D eigenvalue weighted by Crippen LogP contribution is -2.38. The molecule has 1 aliphatic heterocycles. The van der Waals surface area contributed by atoms with Crippen LogP contribution in [0.15, 0.2) is 22.8 Å². The number of nitrogens with zero attached hydrogens (tertiary/aromatic N) is 1. The number of hydrogen-bond acceptors (Lipinski definition) is 4. The van der Waals surface area contributed by atoms with E-state index in [1.54, 1.807) is 0 Å². The number of nitrogens with two attached hydrogens (primary N) is 1. The predicted molar refractivity (Wildman–Crippen MR) is 70.3 cm³/mol. The molecule has 0 aliphatic carbocycles. The summed E-state index contributed by atoms with van der Waals surface area (Å²) < 4.78 is 6.38.